The van der Waals surface area contributed by atoms with Gasteiger partial charge in [0.05, 0.1) is 5.69 Å². The summed E-state index contributed by atoms with van der Waals surface area (Å²) in [6.07, 6.45) is 0. The molecule has 2 heterocycles. The van der Waals surface area contributed by atoms with Crippen molar-refractivity contribution in [2.75, 3.05) is 0 Å². The fraction of sp³-hybridized carbons (Fsp3) is 0.154. The van der Waals surface area contributed by atoms with Crippen LogP contribution in [-0.2, 0) is 0 Å². The first-order valence-electron chi connectivity index (χ1n) is 5.44. The van der Waals surface area contributed by atoms with Gasteiger partial charge in [-0.3, -0.25) is 0 Å². The molecule has 0 amide bonds. The van der Waals surface area contributed by atoms with Crippen molar-refractivity contribution in [3.63, 3.8) is 0 Å². The van der Waals surface area contributed by atoms with Gasteiger partial charge in [-0.25, -0.2) is 0 Å². The highest BCUT2D eigenvalue weighted by Crippen LogP contribution is 2.17. The molecular formula is C13H12N4. The van der Waals surface area contributed by atoms with E-state index in [9.17, 15) is 0 Å². The predicted octanol–water partition coefficient (Wildman–Crippen LogP) is 1.54. The van der Waals surface area contributed by atoms with Gasteiger partial charge in [-0.2, -0.15) is 9.61 Å². The second-order valence-corrected chi connectivity index (χ2v) is 4.19. The Balaban J connectivity index is 2.31. The topological polar surface area (TPSA) is 43.1 Å². The molecule has 84 valence electrons. The minimum atomic E-state index is 0.735. The molecule has 0 N–H and O–H groups in total. The summed E-state index contributed by atoms with van der Waals surface area (Å²) < 4.78 is 1.76. The van der Waals surface area contributed by atoms with E-state index < -0.39 is 0 Å². The summed E-state index contributed by atoms with van der Waals surface area (Å²) >= 11 is 0. The Morgan fingerprint density at radius 1 is 1.18 bits per heavy atom. The van der Waals surface area contributed by atoms with Crippen LogP contribution in [0.5, 0.6) is 0 Å². The average molecular weight is 224 g/mol. The Morgan fingerprint density at radius 3 is 2.76 bits per heavy atom. The monoisotopic (exact) mass is 224 g/mol. The summed E-state index contributed by atoms with van der Waals surface area (Å²) in [4.78, 5) is 0. The van der Waals surface area contributed by atoms with Crippen LogP contribution in [0.3, 0.4) is 0 Å². The summed E-state index contributed by atoms with van der Waals surface area (Å²) in [5.74, 6) is 0.765. The molecule has 0 radical (unpaired) electrons. The van der Waals surface area contributed by atoms with Crippen molar-refractivity contribution in [2.24, 2.45) is 0 Å². The third-order valence-corrected chi connectivity index (χ3v) is 2.87. The van der Waals surface area contributed by atoms with Crippen molar-refractivity contribution in [3.05, 3.63) is 40.7 Å². The van der Waals surface area contributed by atoms with Gasteiger partial charge in [-0.1, -0.05) is 30.3 Å². The van der Waals surface area contributed by atoms with Crippen molar-refractivity contribution in [1.29, 1.82) is 0 Å². The van der Waals surface area contributed by atoms with Crippen LogP contribution in [0.1, 0.15) is 11.3 Å². The lowest BCUT2D eigenvalue weighted by molar-refractivity contribution is 0.937. The SMILES string of the molecule is C=c1c(C)nn2c(-c3cccc(C)c3)nnc12. The maximum absolute atomic E-state index is 4.41. The summed E-state index contributed by atoms with van der Waals surface area (Å²) in [7, 11) is 0. The van der Waals surface area contributed by atoms with E-state index in [1.165, 1.54) is 5.56 Å². The molecule has 0 saturated carbocycles. The molecular weight excluding hydrogens is 212 g/mol. The van der Waals surface area contributed by atoms with E-state index in [1.54, 1.807) is 4.52 Å². The highest BCUT2D eigenvalue weighted by molar-refractivity contribution is 5.60. The molecule has 0 aliphatic carbocycles. The van der Waals surface area contributed by atoms with Crippen molar-refractivity contribution < 1.29 is 0 Å². The summed E-state index contributed by atoms with van der Waals surface area (Å²) in [6.45, 7) is 7.93. The van der Waals surface area contributed by atoms with Gasteiger partial charge >= 0.3 is 0 Å². The minimum Gasteiger partial charge on any atom is -0.192 e. The van der Waals surface area contributed by atoms with Gasteiger partial charge in [-0.05, 0) is 19.9 Å². The van der Waals surface area contributed by atoms with E-state index in [0.717, 1.165) is 27.9 Å². The first-order chi connectivity index (χ1) is 8.16. The zero-order valence-electron chi connectivity index (χ0n) is 9.81. The first kappa shape index (κ1) is 9.96. The van der Waals surface area contributed by atoms with Gasteiger partial charge < -0.3 is 0 Å². The molecule has 3 rings (SSSR count). The molecule has 0 atom stereocenters. The van der Waals surface area contributed by atoms with Crippen LogP contribution in [-0.4, -0.2) is 19.8 Å². The second-order valence-electron chi connectivity index (χ2n) is 4.19. The molecule has 0 fully saturated rings. The molecule has 2 aromatic heterocycles. The molecule has 4 nitrogen and oxygen atoms in total. The van der Waals surface area contributed by atoms with E-state index in [1.807, 2.05) is 19.1 Å². The Labute approximate surface area is 98.6 Å². The lowest BCUT2D eigenvalue weighted by atomic mass is 10.1. The molecule has 0 spiro atoms. The number of fused-ring (bicyclic) bond motifs is 1. The molecule has 17 heavy (non-hydrogen) atoms. The highest BCUT2D eigenvalue weighted by Gasteiger charge is 2.12. The standard InChI is InChI=1S/C13H12N4/c1-8-5-4-6-11(7-8)13-15-14-12-9(2)10(3)16-17(12)13/h4-7H,2H2,1,3H3. The maximum atomic E-state index is 4.41. The van der Waals surface area contributed by atoms with Crippen LogP contribution < -0.4 is 5.22 Å². The fourth-order valence-electron chi connectivity index (χ4n) is 1.90. The normalized spacial score (nSPS) is 11.2. The van der Waals surface area contributed by atoms with E-state index >= 15 is 0 Å². The maximum Gasteiger partial charge on any atom is 0.186 e. The number of hydrogen-bond donors (Lipinski definition) is 0. The zero-order chi connectivity index (χ0) is 12.0. The summed E-state index contributed by atoms with van der Waals surface area (Å²) in [5, 5.41) is 13.6. The fourth-order valence-corrected chi connectivity index (χ4v) is 1.90. The number of aromatic nitrogens is 4. The molecule has 0 aliphatic rings. The minimum absolute atomic E-state index is 0.735. The van der Waals surface area contributed by atoms with Crippen LogP contribution in [0.15, 0.2) is 24.3 Å². The van der Waals surface area contributed by atoms with Crippen LogP contribution in [0.25, 0.3) is 23.6 Å². The molecule has 1 aromatic carbocycles. The lowest BCUT2D eigenvalue weighted by Gasteiger charge is -1.98. The van der Waals surface area contributed by atoms with Gasteiger partial charge in [0.15, 0.2) is 11.5 Å². The van der Waals surface area contributed by atoms with E-state index in [2.05, 4.69) is 40.9 Å². The Morgan fingerprint density at radius 2 is 2.00 bits per heavy atom. The van der Waals surface area contributed by atoms with Gasteiger partial charge in [0.2, 0.25) is 0 Å². The number of nitrogens with zero attached hydrogens (tertiary/aromatic N) is 4. The smallest absolute Gasteiger partial charge is 0.186 e. The van der Waals surface area contributed by atoms with Crippen molar-refractivity contribution in [2.45, 2.75) is 13.8 Å². The highest BCUT2D eigenvalue weighted by atomic mass is 15.4. The van der Waals surface area contributed by atoms with Crippen molar-refractivity contribution >= 4 is 12.2 Å². The Kier molecular flexibility index (Phi) is 1.98. The molecule has 4 heteroatoms. The Hall–Kier alpha value is -2.23. The zero-order valence-corrected chi connectivity index (χ0v) is 9.81. The molecule has 0 unspecified atom stereocenters. The van der Waals surface area contributed by atoms with Crippen LogP contribution in [0.2, 0.25) is 0 Å². The first-order valence-corrected chi connectivity index (χ1v) is 5.44. The van der Waals surface area contributed by atoms with Gasteiger partial charge in [-0.15, -0.1) is 10.2 Å². The van der Waals surface area contributed by atoms with E-state index in [0.29, 0.717) is 0 Å². The van der Waals surface area contributed by atoms with Crippen LogP contribution in [0.4, 0.5) is 0 Å². The third-order valence-electron chi connectivity index (χ3n) is 2.87. The number of benzene rings is 1. The number of hydrogen-bond acceptors (Lipinski definition) is 3. The van der Waals surface area contributed by atoms with E-state index in [4.69, 9.17) is 0 Å². The largest absolute Gasteiger partial charge is 0.192 e. The van der Waals surface area contributed by atoms with Crippen LogP contribution in [0, 0.1) is 13.8 Å². The predicted molar refractivity (Wildman–Crippen MR) is 66.4 cm³/mol. The Bertz CT molecular complexity index is 742. The third kappa shape index (κ3) is 1.41. The lowest BCUT2D eigenvalue weighted by Crippen LogP contribution is -1.98. The van der Waals surface area contributed by atoms with Crippen molar-refractivity contribution in [3.8, 4) is 11.4 Å². The molecule has 0 bridgehead atoms. The van der Waals surface area contributed by atoms with Gasteiger partial charge in [0.25, 0.3) is 0 Å². The quantitative estimate of drug-likeness (QED) is 0.629. The van der Waals surface area contributed by atoms with Gasteiger partial charge in [0, 0.05) is 10.8 Å². The molecule has 0 saturated heterocycles. The number of rotatable bonds is 1. The average Bonchev–Trinajstić information content (AvgIpc) is 2.82. The van der Waals surface area contributed by atoms with Crippen LogP contribution >= 0.6 is 0 Å². The summed E-state index contributed by atoms with van der Waals surface area (Å²) in [6, 6.07) is 8.14. The number of aryl methyl sites for hydroxylation is 2. The second kappa shape index (κ2) is 3.38. The van der Waals surface area contributed by atoms with Gasteiger partial charge in [0.1, 0.15) is 0 Å². The summed E-state index contributed by atoms with van der Waals surface area (Å²) in [5.41, 5.74) is 3.84. The van der Waals surface area contributed by atoms with Crippen molar-refractivity contribution in [1.82, 2.24) is 19.8 Å². The van der Waals surface area contributed by atoms with E-state index in [-0.39, 0.29) is 0 Å². The molecule has 3 aromatic rings. The molecule has 0 aliphatic heterocycles.